The summed E-state index contributed by atoms with van der Waals surface area (Å²) in [5.74, 6) is 1.03. The van der Waals surface area contributed by atoms with Crippen LogP contribution < -0.4 is 16.0 Å². The summed E-state index contributed by atoms with van der Waals surface area (Å²) in [6, 6.07) is 7.98. The Hall–Kier alpha value is -4.51. The molecule has 6 rings (SSSR count). The number of fused-ring (bicyclic) bond motifs is 2. The first-order valence-electron chi connectivity index (χ1n) is 11.8. The molecule has 0 saturated carbocycles. The second-order valence-corrected chi connectivity index (χ2v) is 8.99. The number of piperazine rings is 1. The zero-order valence-corrected chi connectivity index (χ0v) is 19.8. The molecule has 11 nitrogen and oxygen atoms in total. The van der Waals surface area contributed by atoms with Crippen molar-refractivity contribution in [2.45, 2.75) is 6.54 Å². The Morgan fingerprint density at radius 3 is 2.75 bits per heavy atom. The van der Waals surface area contributed by atoms with Crippen LogP contribution in [-0.2, 0) is 6.54 Å². The number of hydrogen-bond acceptors (Lipinski definition) is 8. The van der Waals surface area contributed by atoms with Crippen molar-refractivity contribution in [3.05, 3.63) is 66.4 Å². The van der Waals surface area contributed by atoms with Crippen LogP contribution in [0.4, 0.5) is 11.8 Å². The highest BCUT2D eigenvalue weighted by Gasteiger charge is 2.16. The molecule has 5 aromatic heterocycles. The number of nitrogens with zero attached hydrogens (tertiary/aromatic N) is 7. The van der Waals surface area contributed by atoms with E-state index >= 15 is 0 Å². The van der Waals surface area contributed by atoms with Gasteiger partial charge in [0.25, 0.3) is 5.91 Å². The van der Waals surface area contributed by atoms with Crippen LogP contribution in [0.5, 0.6) is 0 Å². The van der Waals surface area contributed by atoms with Crippen molar-refractivity contribution in [1.82, 2.24) is 34.4 Å². The SMILES string of the molecule is CN1CCN(c2ccc(CNc3ncc4c(-c5ccn6ncc(C(N)=O)c6c5)c[nH]c4n3)cn2)CC1. The van der Waals surface area contributed by atoms with Crippen LogP contribution >= 0.6 is 0 Å². The van der Waals surface area contributed by atoms with E-state index in [9.17, 15) is 4.79 Å². The van der Waals surface area contributed by atoms with Crippen molar-refractivity contribution >= 4 is 34.2 Å². The molecule has 0 unspecified atom stereocenters. The molecule has 1 aliphatic rings. The van der Waals surface area contributed by atoms with Gasteiger partial charge < -0.3 is 25.8 Å². The number of carbonyl (C=O) groups is 1. The Morgan fingerprint density at radius 2 is 1.97 bits per heavy atom. The standard InChI is InChI=1S/C25H26N10O/c1-33-6-8-34(9-7-33)22-3-2-16(11-27-22)12-29-25-30-14-19-18(13-28-24(19)32-25)17-4-5-35-21(10-17)20(15-31-35)23(26)36/h2-5,10-11,13-15H,6-9,12H2,1H3,(H2,26,36)(H2,28,29,30,32). The lowest BCUT2D eigenvalue weighted by Gasteiger charge is -2.33. The molecule has 0 radical (unpaired) electrons. The topological polar surface area (TPSA) is 133 Å². The number of rotatable bonds is 6. The monoisotopic (exact) mass is 482 g/mol. The number of hydrogen-bond donors (Lipinski definition) is 3. The van der Waals surface area contributed by atoms with Gasteiger partial charge in [-0.15, -0.1) is 0 Å². The molecule has 5 aromatic rings. The van der Waals surface area contributed by atoms with E-state index in [0.29, 0.717) is 23.6 Å². The third-order valence-corrected chi connectivity index (χ3v) is 6.62. The highest BCUT2D eigenvalue weighted by atomic mass is 16.1. The molecular formula is C25H26N10O. The molecule has 1 aliphatic heterocycles. The van der Waals surface area contributed by atoms with Crippen LogP contribution in [0.1, 0.15) is 15.9 Å². The van der Waals surface area contributed by atoms with Crippen molar-refractivity contribution in [2.75, 3.05) is 43.4 Å². The van der Waals surface area contributed by atoms with Crippen molar-refractivity contribution in [2.24, 2.45) is 5.73 Å². The minimum atomic E-state index is -0.510. The summed E-state index contributed by atoms with van der Waals surface area (Å²) in [7, 11) is 2.15. The zero-order valence-electron chi connectivity index (χ0n) is 19.8. The minimum absolute atomic E-state index is 0.380. The van der Waals surface area contributed by atoms with Gasteiger partial charge >= 0.3 is 0 Å². The largest absolute Gasteiger partial charge is 0.365 e. The average Bonchev–Trinajstić information content (AvgIpc) is 3.52. The second-order valence-electron chi connectivity index (χ2n) is 8.99. The van der Waals surface area contributed by atoms with E-state index in [1.54, 1.807) is 16.9 Å². The summed E-state index contributed by atoms with van der Waals surface area (Å²) in [6.45, 7) is 4.67. The van der Waals surface area contributed by atoms with Gasteiger partial charge in [-0.05, 0) is 36.4 Å². The number of aromatic amines is 1. The minimum Gasteiger partial charge on any atom is -0.365 e. The fraction of sp³-hybridized carbons (Fsp3) is 0.240. The molecule has 0 spiro atoms. The lowest BCUT2D eigenvalue weighted by atomic mass is 10.1. The van der Waals surface area contributed by atoms with E-state index in [1.807, 2.05) is 24.5 Å². The zero-order chi connectivity index (χ0) is 24.6. The van der Waals surface area contributed by atoms with Crippen LogP contribution in [0.3, 0.4) is 0 Å². The molecule has 4 N–H and O–H groups in total. The average molecular weight is 483 g/mol. The molecule has 11 heteroatoms. The molecule has 0 aromatic carbocycles. The van der Waals surface area contributed by atoms with Gasteiger partial charge in [0.1, 0.15) is 11.5 Å². The molecule has 0 bridgehead atoms. The van der Waals surface area contributed by atoms with E-state index in [0.717, 1.165) is 59.7 Å². The van der Waals surface area contributed by atoms with Gasteiger partial charge in [-0.3, -0.25) is 4.79 Å². The van der Waals surface area contributed by atoms with Crippen LogP contribution in [0, 0.1) is 0 Å². The van der Waals surface area contributed by atoms with Gasteiger partial charge in [0.15, 0.2) is 0 Å². The van der Waals surface area contributed by atoms with E-state index in [4.69, 9.17) is 5.73 Å². The third-order valence-electron chi connectivity index (χ3n) is 6.62. The Morgan fingerprint density at radius 1 is 1.11 bits per heavy atom. The maximum atomic E-state index is 11.7. The van der Waals surface area contributed by atoms with Crippen molar-refractivity contribution in [3.8, 4) is 11.1 Å². The summed E-state index contributed by atoms with van der Waals surface area (Å²) in [5.41, 5.74) is 10.1. The Kier molecular flexibility index (Phi) is 5.45. The van der Waals surface area contributed by atoms with Gasteiger partial charge in [0, 0.05) is 68.5 Å². The number of primary amides is 1. The van der Waals surface area contributed by atoms with Gasteiger partial charge in [-0.2, -0.15) is 10.1 Å². The lowest BCUT2D eigenvalue weighted by Crippen LogP contribution is -2.44. The van der Waals surface area contributed by atoms with Crippen LogP contribution in [0.15, 0.2) is 55.2 Å². The summed E-state index contributed by atoms with van der Waals surface area (Å²) in [6.07, 6.45) is 8.86. The molecule has 1 amide bonds. The number of H-pyrrole nitrogens is 1. The molecule has 182 valence electrons. The van der Waals surface area contributed by atoms with Crippen molar-refractivity contribution in [3.63, 3.8) is 0 Å². The first-order chi connectivity index (χ1) is 17.5. The van der Waals surface area contributed by atoms with Gasteiger partial charge in [0.2, 0.25) is 5.95 Å². The van der Waals surface area contributed by atoms with Crippen LogP contribution in [-0.4, -0.2) is 73.6 Å². The molecule has 36 heavy (non-hydrogen) atoms. The van der Waals surface area contributed by atoms with Gasteiger partial charge in [-0.1, -0.05) is 6.07 Å². The molecule has 0 aliphatic carbocycles. The maximum absolute atomic E-state index is 11.7. The predicted octanol–water partition coefficient (Wildman–Crippen LogP) is 2.13. The molecular weight excluding hydrogens is 456 g/mol. The summed E-state index contributed by atoms with van der Waals surface area (Å²) >= 11 is 0. The molecule has 0 atom stereocenters. The van der Waals surface area contributed by atoms with Gasteiger partial charge in [0.05, 0.1) is 17.3 Å². The number of nitrogens with one attached hydrogen (secondary N) is 2. The fourth-order valence-corrected chi connectivity index (χ4v) is 4.49. The number of pyridine rings is 2. The number of aromatic nitrogens is 6. The van der Waals surface area contributed by atoms with Crippen LogP contribution in [0.25, 0.3) is 27.7 Å². The van der Waals surface area contributed by atoms with Crippen molar-refractivity contribution in [1.29, 1.82) is 0 Å². The fourth-order valence-electron chi connectivity index (χ4n) is 4.49. The quantitative estimate of drug-likeness (QED) is 0.335. The Bertz CT molecular complexity index is 1550. The van der Waals surface area contributed by atoms with E-state index < -0.39 is 5.91 Å². The number of likely N-dealkylation sites (N-methyl/N-ethyl adjacent to an activating group) is 1. The van der Waals surface area contributed by atoms with E-state index in [-0.39, 0.29) is 0 Å². The molecule has 1 saturated heterocycles. The summed E-state index contributed by atoms with van der Waals surface area (Å²) < 4.78 is 1.63. The first-order valence-corrected chi connectivity index (χ1v) is 11.8. The van der Waals surface area contributed by atoms with Crippen molar-refractivity contribution < 1.29 is 4.79 Å². The summed E-state index contributed by atoms with van der Waals surface area (Å²) in [5, 5.41) is 8.34. The van der Waals surface area contributed by atoms with E-state index in [1.165, 1.54) is 6.20 Å². The molecule has 1 fully saturated rings. The number of nitrogens with two attached hydrogens (primary N) is 1. The number of amides is 1. The summed E-state index contributed by atoms with van der Waals surface area (Å²) in [4.78, 5) is 33.4. The number of carbonyl (C=O) groups excluding carboxylic acids is 1. The maximum Gasteiger partial charge on any atom is 0.252 e. The highest BCUT2D eigenvalue weighted by molar-refractivity contribution is 6.01. The first kappa shape index (κ1) is 22.0. The second kappa shape index (κ2) is 8.93. The van der Waals surface area contributed by atoms with Crippen LogP contribution in [0.2, 0.25) is 0 Å². The Balaban J connectivity index is 1.17. The lowest BCUT2D eigenvalue weighted by molar-refractivity contribution is 0.100. The third kappa shape index (κ3) is 4.09. The van der Waals surface area contributed by atoms with E-state index in [2.05, 4.69) is 59.3 Å². The normalized spacial score (nSPS) is 14.5. The Labute approximate surface area is 207 Å². The van der Waals surface area contributed by atoms with Gasteiger partial charge in [-0.25, -0.2) is 14.5 Å². The number of anilines is 2. The highest BCUT2D eigenvalue weighted by Crippen LogP contribution is 2.29. The molecule has 6 heterocycles. The predicted molar refractivity (Wildman–Crippen MR) is 138 cm³/mol. The smallest absolute Gasteiger partial charge is 0.252 e.